The Balaban J connectivity index is 1.54. The van der Waals surface area contributed by atoms with E-state index in [1.165, 1.54) is 5.69 Å². The lowest BCUT2D eigenvalue weighted by Crippen LogP contribution is -2.11. The van der Waals surface area contributed by atoms with Crippen molar-refractivity contribution in [2.45, 2.75) is 19.9 Å². The Kier molecular flexibility index (Phi) is 3.76. The normalized spacial score (nSPS) is 12.4. The molecule has 1 atom stereocenters. The summed E-state index contributed by atoms with van der Waals surface area (Å²) in [5.41, 5.74) is 6.33. The number of imidazole rings is 1. The highest BCUT2D eigenvalue weighted by molar-refractivity contribution is 5.65. The van der Waals surface area contributed by atoms with Gasteiger partial charge in [0.15, 0.2) is 0 Å². The molecule has 5 heteroatoms. The second-order valence-corrected chi connectivity index (χ2v) is 6.37. The molecule has 1 N–H and O–H groups in total. The van der Waals surface area contributed by atoms with Gasteiger partial charge in [0.25, 0.3) is 0 Å². The SMILES string of the molecule is Cc1cc(C(C)Nc2ccc(-c3cn4ccccc4n3)cc2)n(C)n1. The van der Waals surface area contributed by atoms with Gasteiger partial charge in [-0.25, -0.2) is 4.98 Å². The monoisotopic (exact) mass is 331 g/mol. The number of pyridine rings is 1. The predicted octanol–water partition coefficient (Wildman–Crippen LogP) is 4.22. The molecule has 5 nitrogen and oxygen atoms in total. The summed E-state index contributed by atoms with van der Waals surface area (Å²) in [4.78, 5) is 4.67. The van der Waals surface area contributed by atoms with Crippen LogP contribution in [0.15, 0.2) is 60.9 Å². The van der Waals surface area contributed by atoms with Crippen molar-refractivity contribution in [2.24, 2.45) is 7.05 Å². The van der Waals surface area contributed by atoms with Gasteiger partial charge in [-0.2, -0.15) is 5.10 Å². The van der Waals surface area contributed by atoms with Crippen molar-refractivity contribution in [3.63, 3.8) is 0 Å². The maximum Gasteiger partial charge on any atom is 0.137 e. The molecule has 126 valence electrons. The second kappa shape index (κ2) is 6.09. The number of fused-ring (bicyclic) bond motifs is 1. The number of nitrogens with one attached hydrogen (secondary N) is 1. The molecular weight excluding hydrogens is 310 g/mol. The zero-order chi connectivity index (χ0) is 17.4. The fourth-order valence-electron chi connectivity index (χ4n) is 3.17. The highest BCUT2D eigenvalue weighted by Gasteiger charge is 2.11. The fourth-order valence-corrected chi connectivity index (χ4v) is 3.17. The van der Waals surface area contributed by atoms with Gasteiger partial charge in [-0.1, -0.05) is 18.2 Å². The van der Waals surface area contributed by atoms with Crippen LogP contribution < -0.4 is 5.32 Å². The molecule has 4 rings (SSSR count). The molecule has 0 aliphatic carbocycles. The number of rotatable bonds is 4. The first-order valence-electron chi connectivity index (χ1n) is 8.41. The van der Waals surface area contributed by atoms with E-state index in [-0.39, 0.29) is 6.04 Å². The smallest absolute Gasteiger partial charge is 0.137 e. The van der Waals surface area contributed by atoms with Crippen LogP contribution in [0.1, 0.15) is 24.4 Å². The van der Waals surface area contributed by atoms with Crippen molar-refractivity contribution in [1.82, 2.24) is 19.2 Å². The average molecular weight is 331 g/mol. The van der Waals surface area contributed by atoms with Crippen molar-refractivity contribution in [3.8, 4) is 11.3 Å². The summed E-state index contributed by atoms with van der Waals surface area (Å²) < 4.78 is 3.96. The molecule has 25 heavy (non-hydrogen) atoms. The highest BCUT2D eigenvalue weighted by atomic mass is 15.3. The molecule has 0 aliphatic heterocycles. The molecule has 0 radical (unpaired) electrons. The molecule has 0 saturated carbocycles. The van der Waals surface area contributed by atoms with E-state index in [0.29, 0.717) is 0 Å². The zero-order valence-electron chi connectivity index (χ0n) is 14.6. The summed E-state index contributed by atoms with van der Waals surface area (Å²) in [6.07, 6.45) is 4.07. The Bertz CT molecular complexity index is 977. The van der Waals surface area contributed by atoms with Gasteiger partial charge in [-0.15, -0.1) is 0 Å². The molecule has 0 fully saturated rings. The van der Waals surface area contributed by atoms with Crippen LogP contribution in [-0.4, -0.2) is 19.2 Å². The van der Waals surface area contributed by atoms with E-state index >= 15 is 0 Å². The first kappa shape index (κ1) is 15.4. The van der Waals surface area contributed by atoms with Crippen molar-refractivity contribution in [3.05, 3.63) is 72.3 Å². The molecule has 0 spiro atoms. The molecule has 0 amide bonds. The van der Waals surface area contributed by atoms with E-state index in [1.807, 2.05) is 47.4 Å². The molecule has 3 aromatic heterocycles. The lowest BCUT2D eigenvalue weighted by molar-refractivity contribution is 0.671. The molecule has 0 aliphatic rings. The lowest BCUT2D eigenvalue weighted by atomic mass is 10.1. The van der Waals surface area contributed by atoms with Gasteiger partial charge in [-0.3, -0.25) is 4.68 Å². The summed E-state index contributed by atoms with van der Waals surface area (Å²) in [6, 6.07) is 16.7. The van der Waals surface area contributed by atoms with Gasteiger partial charge in [-0.05, 0) is 44.2 Å². The minimum absolute atomic E-state index is 0.187. The van der Waals surface area contributed by atoms with Crippen molar-refractivity contribution in [1.29, 1.82) is 0 Å². The van der Waals surface area contributed by atoms with Gasteiger partial charge in [0.2, 0.25) is 0 Å². The van der Waals surface area contributed by atoms with E-state index in [2.05, 4.69) is 58.9 Å². The van der Waals surface area contributed by atoms with Gasteiger partial charge in [0.05, 0.1) is 23.1 Å². The summed E-state index contributed by atoms with van der Waals surface area (Å²) in [5.74, 6) is 0. The number of anilines is 1. The van der Waals surface area contributed by atoms with Crippen LogP contribution in [0.25, 0.3) is 16.9 Å². The Hall–Kier alpha value is -3.08. The summed E-state index contributed by atoms with van der Waals surface area (Å²) in [5, 5.41) is 7.95. The minimum Gasteiger partial charge on any atom is -0.377 e. The van der Waals surface area contributed by atoms with E-state index in [9.17, 15) is 0 Å². The number of nitrogens with zero attached hydrogens (tertiary/aromatic N) is 4. The van der Waals surface area contributed by atoms with Gasteiger partial charge < -0.3 is 9.72 Å². The molecule has 3 heterocycles. The predicted molar refractivity (Wildman–Crippen MR) is 101 cm³/mol. The van der Waals surface area contributed by atoms with Crippen LogP contribution in [0.4, 0.5) is 5.69 Å². The van der Waals surface area contributed by atoms with Crippen molar-refractivity contribution in [2.75, 3.05) is 5.32 Å². The minimum atomic E-state index is 0.187. The third kappa shape index (κ3) is 3.01. The van der Waals surface area contributed by atoms with Crippen LogP contribution in [-0.2, 0) is 7.05 Å². The van der Waals surface area contributed by atoms with Gasteiger partial charge in [0, 0.05) is 30.7 Å². The first-order valence-corrected chi connectivity index (χ1v) is 8.41. The van der Waals surface area contributed by atoms with Crippen LogP contribution in [0.3, 0.4) is 0 Å². The van der Waals surface area contributed by atoms with E-state index in [1.54, 1.807) is 0 Å². The van der Waals surface area contributed by atoms with E-state index < -0.39 is 0 Å². The maximum absolute atomic E-state index is 4.67. The van der Waals surface area contributed by atoms with Crippen LogP contribution in [0.2, 0.25) is 0 Å². The van der Waals surface area contributed by atoms with Gasteiger partial charge >= 0.3 is 0 Å². The molecule has 4 aromatic rings. The van der Waals surface area contributed by atoms with E-state index in [4.69, 9.17) is 0 Å². The topological polar surface area (TPSA) is 47.1 Å². The van der Waals surface area contributed by atoms with Crippen molar-refractivity contribution >= 4 is 11.3 Å². The fraction of sp³-hybridized carbons (Fsp3) is 0.200. The molecule has 1 aromatic carbocycles. The molecular formula is C20H21N5. The summed E-state index contributed by atoms with van der Waals surface area (Å²) in [6.45, 7) is 4.16. The number of aryl methyl sites for hydroxylation is 2. The number of hydrogen-bond acceptors (Lipinski definition) is 3. The van der Waals surface area contributed by atoms with Crippen molar-refractivity contribution < 1.29 is 0 Å². The Morgan fingerprint density at radius 2 is 1.88 bits per heavy atom. The van der Waals surface area contributed by atoms with Crippen LogP contribution >= 0.6 is 0 Å². The molecule has 1 unspecified atom stereocenters. The highest BCUT2D eigenvalue weighted by Crippen LogP contribution is 2.24. The third-order valence-corrected chi connectivity index (χ3v) is 4.41. The Labute approximate surface area is 147 Å². The number of hydrogen-bond donors (Lipinski definition) is 1. The van der Waals surface area contributed by atoms with Crippen LogP contribution in [0, 0.1) is 6.92 Å². The van der Waals surface area contributed by atoms with Gasteiger partial charge in [0.1, 0.15) is 5.65 Å². The molecule has 0 bridgehead atoms. The molecule has 0 saturated heterocycles. The summed E-state index contributed by atoms with van der Waals surface area (Å²) in [7, 11) is 1.98. The number of benzene rings is 1. The zero-order valence-corrected chi connectivity index (χ0v) is 14.6. The standard InChI is InChI=1S/C20H21N5/c1-14-12-19(24(3)23-14)15(2)21-17-9-7-16(8-10-17)18-13-25-11-5-4-6-20(25)22-18/h4-13,15,21H,1-3H3. The Morgan fingerprint density at radius 1 is 1.08 bits per heavy atom. The largest absolute Gasteiger partial charge is 0.377 e. The Morgan fingerprint density at radius 3 is 2.56 bits per heavy atom. The van der Waals surface area contributed by atoms with E-state index in [0.717, 1.165) is 28.3 Å². The average Bonchev–Trinajstić information content (AvgIpc) is 3.18. The first-order chi connectivity index (χ1) is 12.1. The maximum atomic E-state index is 4.67. The summed E-state index contributed by atoms with van der Waals surface area (Å²) >= 11 is 0. The lowest BCUT2D eigenvalue weighted by Gasteiger charge is -2.15. The number of aromatic nitrogens is 4. The quantitative estimate of drug-likeness (QED) is 0.609. The third-order valence-electron chi connectivity index (χ3n) is 4.41. The van der Waals surface area contributed by atoms with Crippen LogP contribution in [0.5, 0.6) is 0 Å². The second-order valence-electron chi connectivity index (χ2n) is 6.37.